The van der Waals surface area contributed by atoms with E-state index in [2.05, 4.69) is 9.97 Å². The molecule has 0 saturated heterocycles. The van der Waals surface area contributed by atoms with Crippen LogP contribution in [0, 0.1) is 11.3 Å². The Morgan fingerprint density at radius 2 is 2.18 bits per heavy atom. The van der Waals surface area contributed by atoms with Gasteiger partial charge in [0.15, 0.2) is 5.88 Å². The summed E-state index contributed by atoms with van der Waals surface area (Å²) in [6.45, 7) is 0. The number of pyridine rings is 1. The molecule has 0 aliphatic heterocycles. The van der Waals surface area contributed by atoms with Crippen LogP contribution < -0.4 is 0 Å². The van der Waals surface area contributed by atoms with Gasteiger partial charge < -0.3 is 14.8 Å². The van der Waals surface area contributed by atoms with Gasteiger partial charge in [-0.3, -0.25) is 4.98 Å². The number of aromatic hydroxyl groups is 1. The Kier molecular flexibility index (Phi) is 3.24. The molecule has 1 aromatic carbocycles. The van der Waals surface area contributed by atoms with Gasteiger partial charge in [-0.2, -0.15) is 5.26 Å². The topological polar surface area (TPSA) is 99.0 Å². The predicted octanol–water partition coefficient (Wildman–Crippen LogP) is 2.59. The van der Waals surface area contributed by atoms with Gasteiger partial charge in [0.05, 0.1) is 35.6 Å². The van der Waals surface area contributed by atoms with Crippen LogP contribution in [0.1, 0.15) is 15.9 Å². The number of aromatic amines is 1. The number of nitrogens with zero attached hydrogens (tertiary/aromatic N) is 2. The Balaban J connectivity index is 2.26. The average Bonchev–Trinajstić information content (AvgIpc) is 2.89. The van der Waals surface area contributed by atoms with Crippen LogP contribution in [0.25, 0.3) is 22.2 Å². The molecule has 0 atom stereocenters. The van der Waals surface area contributed by atoms with Gasteiger partial charge in [-0.15, -0.1) is 0 Å². The number of carbonyl (C=O) groups is 1. The number of esters is 1. The molecule has 2 aromatic heterocycles. The molecule has 0 aliphatic rings. The van der Waals surface area contributed by atoms with Crippen LogP contribution in [0.5, 0.6) is 5.88 Å². The molecule has 0 amide bonds. The molecule has 0 radical (unpaired) electrons. The monoisotopic (exact) mass is 293 g/mol. The Hall–Kier alpha value is -3.33. The molecule has 0 saturated carbocycles. The molecule has 2 heterocycles. The molecule has 6 nitrogen and oxygen atoms in total. The van der Waals surface area contributed by atoms with Crippen molar-refractivity contribution in [3.05, 3.63) is 47.7 Å². The van der Waals surface area contributed by atoms with Gasteiger partial charge in [0, 0.05) is 17.1 Å². The highest BCUT2D eigenvalue weighted by Gasteiger charge is 2.16. The van der Waals surface area contributed by atoms with Crippen molar-refractivity contribution >= 4 is 16.9 Å². The minimum atomic E-state index is -0.465. The van der Waals surface area contributed by atoms with E-state index in [4.69, 9.17) is 10.00 Å². The van der Waals surface area contributed by atoms with Crippen LogP contribution in [0.4, 0.5) is 0 Å². The van der Waals surface area contributed by atoms with E-state index in [1.165, 1.54) is 13.3 Å². The zero-order chi connectivity index (χ0) is 15.7. The van der Waals surface area contributed by atoms with Crippen molar-refractivity contribution in [1.82, 2.24) is 9.97 Å². The van der Waals surface area contributed by atoms with Crippen LogP contribution in [-0.2, 0) is 4.74 Å². The van der Waals surface area contributed by atoms with E-state index < -0.39 is 5.97 Å². The van der Waals surface area contributed by atoms with Gasteiger partial charge in [0.1, 0.15) is 0 Å². The van der Waals surface area contributed by atoms with Crippen LogP contribution >= 0.6 is 0 Å². The SMILES string of the molecule is COC(=O)c1ccc2[nH]c(O)c(-c3cc(C#N)ccn3)c2c1. The minimum Gasteiger partial charge on any atom is -0.494 e. The first-order valence-corrected chi connectivity index (χ1v) is 6.43. The Bertz CT molecular complexity index is 922. The molecule has 22 heavy (non-hydrogen) atoms. The number of benzene rings is 1. The number of H-pyrrole nitrogens is 1. The van der Waals surface area contributed by atoms with Crippen molar-refractivity contribution in [2.45, 2.75) is 0 Å². The number of carbonyl (C=O) groups excluding carboxylic acids is 1. The Morgan fingerprint density at radius 3 is 2.91 bits per heavy atom. The van der Waals surface area contributed by atoms with Crippen molar-refractivity contribution in [3.8, 4) is 23.2 Å². The van der Waals surface area contributed by atoms with Crippen LogP contribution in [-0.4, -0.2) is 28.2 Å². The van der Waals surface area contributed by atoms with Crippen molar-refractivity contribution < 1.29 is 14.6 Å². The van der Waals surface area contributed by atoms with Gasteiger partial charge in [-0.25, -0.2) is 4.79 Å². The second-order valence-electron chi connectivity index (χ2n) is 4.64. The molecule has 0 spiro atoms. The molecule has 0 fully saturated rings. The van der Waals surface area contributed by atoms with Crippen molar-refractivity contribution in [2.24, 2.45) is 0 Å². The highest BCUT2D eigenvalue weighted by molar-refractivity contribution is 6.02. The van der Waals surface area contributed by atoms with Gasteiger partial charge in [-0.05, 0) is 30.3 Å². The van der Waals surface area contributed by atoms with E-state index in [0.29, 0.717) is 33.3 Å². The first-order chi connectivity index (χ1) is 10.6. The van der Waals surface area contributed by atoms with Crippen molar-refractivity contribution in [1.29, 1.82) is 5.26 Å². The second kappa shape index (κ2) is 5.22. The van der Waals surface area contributed by atoms with E-state index in [1.807, 2.05) is 6.07 Å². The molecule has 0 bridgehead atoms. The largest absolute Gasteiger partial charge is 0.494 e. The molecule has 2 N–H and O–H groups in total. The second-order valence-corrected chi connectivity index (χ2v) is 4.64. The number of nitrogens with one attached hydrogen (secondary N) is 1. The zero-order valence-corrected chi connectivity index (χ0v) is 11.6. The van der Waals surface area contributed by atoms with Gasteiger partial charge >= 0.3 is 5.97 Å². The fourth-order valence-corrected chi connectivity index (χ4v) is 2.32. The molecular weight excluding hydrogens is 282 g/mol. The Labute approximate surface area is 125 Å². The number of hydrogen-bond donors (Lipinski definition) is 2. The van der Waals surface area contributed by atoms with E-state index in [9.17, 15) is 9.90 Å². The summed E-state index contributed by atoms with van der Waals surface area (Å²) in [6.07, 6.45) is 1.50. The van der Waals surface area contributed by atoms with E-state index in [1.54, 1.807) is 30.3 Å². The fraction of sp³-hybridized carbons (Fsp3) is 0.0625. The highest BCUT2D eigenvalue weighted by atomic mass is 16.5. The third kappa shape index (κ3) is 2.15. The maximum atomic E-state index is 11.7. The summed E-state index contributed by atoms with van der Waals surface area (Å²) in [6, 6.07) is 10.1. The summed E-state index contributed by atoms with van der Waals surface area (Å²) < 4.78 is 4.70. The summed E-state index contributed by atoms with van der Waals surface area (Å²) in [5.74, 6) is -0.535. The number of hydrogen-bond acceptors (Lipinski definition) is 5. The lowest BCUT2D eigenvalue weighted by Gasteiger charge is -2.02. The molecular formula is C16H11N3O3. The third-order valence-corrected chi connectivity index (χ3v) is 3.35. The quantitative estimate of drug-likeness (QED) is 0.707. The lowest BCUT2D eigenvalue weighted by molar-refractivity contribution is 0.0601. The molecule has 6 heteroatoms. The third-order valence-electron chi connectivity index (χ3n) is 3.35. The van der Waals surface area contributed by atoms with Gasteiger partial charge in [0.2, 0.25) is 0 Å². The number of rotatable bonds is 2. The van der Waals surface area contributed by atoms with Crippen molar-refractivity contribution in [2.75, 3.05) is 7.11 Å². The Morgan fingerprint density at radius 1 is 1.36 bits per heavy atom. The predicted molar refractivity (Wildman–Crippen MR) is 79.2 cm³/mol. The smallest absolute Gasteiger partial charge is 0.337 e. The number of aromatic nitrogens is 2. The molecule has 0 unspecified atom stereocenters. The maximum Gasteiger partial charge on any atom is 0.337 e. The first kappa shape index (κ1) is 13.6. The van der Waals surface area contributed by atoms with Gasteiger partial charge in [0.25, 0.3) is 0 Å². The molecule has 3 rings (SSSR count). The van der Waals surface area contributed by atoms with Crippen LogP contribution in [0.2, 0.25) is 0 Å². The lowest BCUT2D eigenvalue weighted by atomic mass is 10.1. The number of nitriles is 1. The lowest BCUT2D eigenvalue weighted by Crippen LogP contribution is -2.00. The summed E-state index contributed by atoms with van der Waals surface area (Å²) in [4.78, 5) is 18.7. The average molecular weight is 293 g/mol. The fourth-order valence-electron chi connectivity index (χ4n) is 2.32. The van der Waals surface area contributed by atoms with Crippen molar-refractivity contribution in [3.63, 3.8) is 0 Å². The van der Waals surface area contributed by atoms with Gasteiger partial charge in [-0.1, -0.05) is 0 Å². The highest BCUT2D eigenvalue weighted by Crippen LogP contribution is 2.36. The normalized spacial score (nSPS) is 10.4. The summed E-state index contributed by atoms with van der Waals surface area (Å²) >= 11 is 0. The van der Waals surface area contributed by atoms with E-state index >= 15 is 0 Å². The summed E-state index contributed by atoms with van der Waals surface area (Å²) in [7, 11) is 1.31. The van der Waals surface area contributed by atoms with Crippen LogP contribution in [0.15, 0.2) is 36.5 Å². The zero-order valence-electron chi connectivity index (χ0n) is 11.6. The number of methoxy groups -OCH3 is 1. The minimum absolute atomic E-state index is 0.0698. The molecule has 108 valence electrons. The molecule has 0 aliphatic carbocycles. The molecule has 3 aromatic rings. The maximum absolute atomic E-state index is 11.7. The van der Waals surface area contributed by atoms with E-state index in [-0.39, 0.29) is 5.88 Å². The number of fused-ring (bicyclic) bond motifs is 1. The first-order valence-electron chi connectivity index (χ1n) is 6.43. The summed E-state index contributed by atoms with van der Waals surface area (Å²) in [5.41, 5.74) is 2.35. The standard InChI is InChI=1S/C16H11N3O3/c1-22-16(21)10-2-3-12-11(7-10)14(15(20)19-12)13-6-9(8-17)4-5-18-13/h2-7,19-20H,1H3. The summed E-state index contributed by atoms with van der Waals surface area (Å²) in [5, 5.41) is 19.8. The number of ether oxygens (including phenoxy) is 1. The van der Waals surface area contributed by atoms with Crippen LogP contribution in [0.3, 0.4) is 0 Å². The van der Waals surface area contributed by atoms with E-state index in [0.717, 1.165) is 0 Å².